The number of rotatable bonds is 8. The number of ether oxygens (including phenoxy) is 1. The van der Waals surface area contributed by atoms with E-state index in [4.69, 9.17) is 16.3 Å². The lowest BCUT2D eigenvalue weighted by Crippen LogP contribution is -2.38. The molecule has 0 bridgehead atoms. The molecule has 29 heavy (non-hydrogen) atoms. The first-order chi connectivity index (χ1) is 13.8. The highest BCUT2D eigenvalue weighted by atomic mass is 35.5. The number of hydrogen-bond donors (Lipinski definition) is 1. The van der Waals surface area contributed by atoms with E-state index >= 15 is 0 Å². The largest absolute Gasteiger partial charge is 0.497 e. The Bertz CT molecular complexity index is 1020. The van der Waals surface area contributed by atoms with Crippen LogP contribution in [0.1, 0.15) is 29.8 Å². The van der Waals surface area contributed by atoms with Gasteiger partial charge < -0.3 is 10.1 Å². The third-order valence-electron chi connectivity index (χ3n) is 4.24. The van der Waals surface area contributed by atoms with Crippen molar-refractivity contribution in [2.45, 2.75) is 26.3 Å². The van der Waals surface area contributed by atoms with Crippen molar-refractivity contribution in [3.05, 3.63) is 93.5 Å². The van der Waals surface area contributed by atoms with E-state index in [1.54, 1.807) is 27.0 Å². The smallest absolute Gasteiger partial charge is 0.271 e. The number of methoxy groups -OCH3 is 1. The minimum Gasteiger partial charge on any atom is -0.497 e. The Hall–Kier alpha value is -3.12. The standard InChI is InChI=1S/C22H24ClN3O3/c1-6-8-20(15(3)23)24-21(27)16(4)26-22(28)18(11-14(2)25-26)12-17-9-7-10-19(13-17)29-5/h6-11,13,16H,1,3,12H2,2,4-5H3,(H,24,27)/b20-8+. The molecule has 0 aliphatic rings. The summed E-state index contributed by atoms with van der Waals surface area (Å²) in [5.41, 5.74) is 2.07. The van der Waals surface area contributed by atoms with E-state index in [1.165, 1.54) is 16.8 Å². The predicted octanol–water partition coefficient (Wildman–Crippen LogP) is 3.65. The molecular formula is C22H24ClN3O3. The number of aromatic nitrogens is 2. The molecule has 1 atom stereocenters. The molecule has 7 heteroatoms. The van der Waals surface area contributed by atoms with E-state index < -0.39 is 11.9 Å². The summed E-state index contributed by atoms with van der Waals surface area (Å²) >= 11 is 5.89. The van der Waals surface area contributed by atoms with Crippen LogP contribution in [-0.2, 0) is 11.2 Å². The van der Waals surface area contributed by atoms with Crippen LogP contribution in [0.3, 0.4) is 0 Å². The minimum atomic E-state index is -0.851. The second kappa shape index (κ2) is 9.89. The number of aryl methyl sites for hydroxylation is 1. The van der Waals surface area contributed by atoms with Crippen molar-refractivity contribution in [2.75, 3.05) is 7.11 Å². The maximum absolute atomic E-state index is 13.0. The Morgan fingerprint density at radius 3 is 2.76 bits per heavy atom. The fourth-order valence-electron chi connectivity index (χ4n) is 2.76. The van der Waals surface area contributed by atoms with Crippen LogP contribution in [0.15, 0.2) is 71.2 Å². The van der Waals surface area contributed by atoms with Gasteiger partial charge in [0.15, 0.2) is 0 Å². The van der Waals surface area contributed by atoms with Gasteiger partial charge in [0.1, 0.15) is 11.8 Å². The van der Waals surface area contributed by atoms with Crippen molar-refractivity contribution >= 4 is 17.5 Å². The van der Waals surface area contributed by atoms with E-state index in [1.807, 2.05) is 24.3 Å². The predicted molar refractivity (Wildman–Crippen MR) is 115 cm³/mol. The maximum Gasteiger partial charge on any atom is 0.271 e. The molecule has 1 aromatic heterocycles. The quantitative estimate of drug-likeness (QED) is 0.670. The summed E-state index contributed by atoms with van der Waals surface area (Å²) in [6.07, 6.45) is 3.41. The van der Waals surface area contributed by atoms with Gasteiger partial charge in [-0.1, -0.05) is 43.0 Å². The summed E-state index contributed by atoms with van der Waals surface area (Å²) in [5.74, 6) is 0.275. The Morgan fingerprint density at radius 2 is 2.14 bits per heavy atom. The first-order valence-electron chi connectivity index (χ1n) is 8.97. The summed E-state index contributed by atoms with van der Waals surface area (Å²) in [7, 11) is 1.59. The summed E-state index contributed by atoms with van der Waals surface area (Å²) in [6.45, 7) is 10.6. The van der Waals surface area contributed by atoms with Crippen LogP contribution >= 0.6 is 11.6 Å². The Morgan fingerprint density at radius 1 is 1.41 bits per heavy atom. The molecule has 0 aliphatic carbocycles. The van der Waals surface area contributed by atoms with Crippen molar-refractivity contribution in [2.24, 2.45) is 0 Å². The molecule has 1 amide bonds. The summed E-state index contributed by atoms with van der Waals surface area (Å²) in [4.78, 5) is 25.6. The van der Waals surface area contributed by atoms with Crippen LogP contribution in [0.5, 0.6) is 5.75 Å². The average Bonchev–Trinajstić information content (AvgIpc) is 2.69. The van der Waals surface area contributed by atoms with Gasteiger partial charge in [-0.05, 0) is 43.7 Å². The molecule has 1 heterocycles. The van der Waals surface area contributed by atoms with Gasteiger partial charge in [-0.2, -0.15) is 5.10 Å². The molecule has 2 rings (SSSR count). The number of amides is 1. The highest BCUT2D eigenvalue weighted by Gasteiger charge is 2.21. The molecule has 1 N–H and O–H groups in total. The lowest BCUT2D eigenvalue weighted by atomic mass is 10.1. The topological polar surface area (TPSA) is 73.2 Å². The zero-order chi connectivity index (χ0) is 21.6. The van der Waals surface area contributed by atoms with Gasteiger partial charge in [0.05, 0.1) is 23.5 Å². The van der Waals surface area contributed by atoms with Crippen LogP contribution in [0.2, 0.25) is 0 Å². The van der Waals surface area contributed by atoms with Gasteiger partial charge in [0, 0.05) is 12.0 Å². The van der Waals surface area contributed by atoms with Crippen LogP contribution in [0.25, 0.3) is 0 Å². The second-order valence-corrected chi connectivity index (χ2v) is 6.93. The third-order valence-corrected chi connectivity index (χ3v) is 4.44. The van der Waals surface area contributed by atoms with Crippen molar-refractivity contribution in [3.63, 3.8) is 0 Å². The third kappa shape index (κ3) is 5.68. The SMILES string of the molecule is C=C/C=C(/NC(=O)C(C)n1nc(C)cc(Cc2cccc(OC)c2)c1=O)C(=C)Cl. The maximum atomic E-state index is 13.0. The second-order valence-electron chi connectivity index (χ2n) is 6.48. The van der Waals surface area contributed by atoms with E-state index in [0.717, 1.165) is 5.56 Å². The molecule has 0 fully saturated rings. The number of hydrogen-bond acceptors (Lipinski definition) is 4. The van der Waals surface area contributed by atoms with E-state index in [2.05, 4.69) is 23.6 Å². The molecule has 0 aliphatic heterocycles. The summed E-state index contributed by atoms with van der Waals surface area (Å²) in [6, 6.07) is 8.36. The number of nitrogens with one attached hydrogen (secondary N) is 1. The van der Waals surface area contributed by atoms with Crippen LogP contribution in [-0.4, -0.2) is 22.8 Å². The van der Waals surface area contributed by atoms with Crippen LogP contribution in [0, 0.1) is 6.92 Å². The van der Waals surface area contributed by atoms with Gasteiger partial charge in [0.2, 0.25) is 5.91 Å². The fraction of sp³-hybridized carbons (Fsp3) is 0.227. The molecule has 152 valence electrons. The zero-order valence-electron chi connectivity index (χ0n) is 16.7. The molecule has 1 aromatic carbocycles. The number of carbonyl (C=O) groups is 1. The summed E-state index contributed by atoms with van der Waals surface area (Å²) in [5, 5.41) is 7.06. The lowest BCUT2D eigenvalue weighted by molar-refractivity contribution is -0.123. The average molecular weight is 414 g/mol. The van der Waals surface area contributed by atoms with Gasteiger partial charge in [-0.15, -0.1) is 0 Å². The highest BCUT2D eigenvalue weighted by Crippen LogP contribution is 2.16. The molecule has 6 nitrogen and oxygen atoms in total. The molecular weight excluding hydrogens is 390 g/mol. The number of benzene rings is 1. The van der Waals surface area contributed by atoms with E-state index in [9.17, 15) is 9.59 Å². The van der Waals surface area contributed by atoms with Crippen LogP contribution < -0.4 is 15.6 Å². The molecule has 0 saturated carbocycles. The molecule has 0 radical (unpaired) electrons. The number of carbonyl (C=O) groups excluding carboxylic acids is 1. The molecule has 2 aromatic rings. The Labute approximate surface area is 175 Å². The minimum absolute atomic E-state index is 0.161. The van der Waals surface area contributed by atoms with E-state index in [-0.39, 0.29) is 10.6 Å². The van der Waals surface area contributed by atoms with Crippen molar-refractivity contribution < 1.29 is 9.53 Å². The van der Waals surface area contributed by atoms with Gasteiger partial charge in [-0.3, -0.25) is 9.59 Å². The van der Waals surface area contributed by atoms with Crippen molar-refractivity contribution in [1.29, 1.82) is 0 Å². The molecule has 1 unspecified atom stereocenters. The number of allylic oxidation sites excluding steroid dienone is 3. The van der Waals surface area contributed by atoms with Crippen molar-refractivity contribution in [3.8, 4) is 5.75 Å². The first-order valence-corrected chi connectivity index (χ1v) is 9.35. The normalized spacial score (nSPS) is 12.2. The van der Waals surface area contributed by atoms with Crippen molar-refractivity contribution in [1.82, 2.24) is 15.1 Å². The fourth-order valence-corrected chi connectivity index (χ4v) is 2.87. The van der Waals surface area contributed by atoms with Gasteiger partial charge >= 0.3 is 0 Å². The first kappa shape index (κ1) is 22.2. The monoisotopic (exact) mass is 413 g/mol. The molecule has 0 saturated heterocycles. The van der Waals surface area contributed by atoms with Gasteiger partial charge in [0.25, 0.3) is 5.56 Å². The molecule has 0 spiro atoms. The zero-order valence-corrected chi connectivity index (χ0v) is 17.5. The Kier molecular flexibility index (Phi) is 7.56. The van der Waals surface area contributed by atoms with E-state index in [0.29, 0.717) is 29.1 Å². The van der Waals surface area contributed by atoms with Crippen LogP contribution in [0.4, 0.5) is 0 Å². The van der Waals surface area contributed by atoms with Gasteiger partial charge in [-0.25, -0.2) is 4.68 Å². The number of halogens is 1. The summed E-state index contributed by atoms with van der Waals surface area (Å²) < 4.78 is 6.42. The Balaban J connectivity index is 2.35. The lowest BCUT2D eigenvalue weighted by Gasteiger charge is -2.17. The highest BCUT2D eigenvalue weighted by molar-refractivity contribution is 6.31. The number of nitrogens with zero attached hydrogens (tertiary/aromatic N) is 2.